The van der Waals surface area contributed by atoms with E-state index < -0.39 is 5.97 Å². The molecule has 0 spiro atoms. The fraction of sp³-hybridized carbons (Fsp3) is 0.214. The van der Waals surface area contributed by atoms with Gasteiger partial charge in [-0.25, -0.2) is 14.2 Å². The van der Waals surface area contributed by atoms with Crippen LogP contribution in [0, 0.1) is 5.82 Å². The predicted octanol–water partition coefficient (Wildman–Crippen LogP) is 3.36. The van der Waals surface area contributed by atoms with E-state index in [0.29, 0.717) is 10.7 Å². The highest BCUT2D eigenvalue weighted by Crippen LogP contribution is 2.27. The summed E-state index contributed by atoms with van der Waals surface area (Å²) >= 11 is 0.977. The lowest BCUT2D eigenvalue weighted by molar-refractivity contribution is 0.0687. The normalized spacial score (nSPS) is 12.0. The number of hydrogen-bond acceptors (Lipinski definition) is 5. The molecule has 0 radical (unpaired) electrons. The third kappa shape index (κ3) is 3.43. The van der Waals surface area contributed by atoms with Crippen LogP contribution in [-0.2, 0) is 0 Å². The minimum absolute atomic E-state index is 0.0939. The number of carbonyl (C=O) groups is 2. The number of ketones is 1. The first kappa shape index (κ1) is 15.1. The van der Waals surface area contributed by atoms with Gasteiger partial charge in [0.2, 0.25) is 0 Å². The molecule has 0 aliphatic heterocycles. The Labute approximate surface area is 124 Å². The molecule has 2 N–H and O–H groups in total. The highest BCUT2D eigenvalue weighted by Gasteiger charge is 2.21. The van der Waals surface area contributed by atoms with Crippen LogP contribution in [0.25, 0.3) is 0 Å². The van der Waals surface area contributed by atoms with E-state index in [1.807, 2.05) is 0 Å². The molecular weight excluding hydrogens is 295 g/mol. The van der Waals surface area contributed by atoms with Crippen molar-refractivity contribution in [1.82, 2.24) is 4.98 Å². The molecule has 0 fully saturated rings. The van der Waals surface area contributed by atoms with E-state index in [1.54, 1.807) is 19.1 Å². The van der Waals surface area contributed by atoms with Crippen LogP contribution in [0.4, 0.5) is 9.52 Å². The summed E-state index contributed by atoms with van der Waals surface area (Å²) in [6, 6.07) is 5.80. The molecule has 2 rings (SSSR count). The number of nitrogens with zero attached hydrogens (tertiary/aromatic N) is 1. The summed E-state index contributed by atoms with van der Waals surface area (Å²) in [5.74, 6) is -1.95. The van der Waals surface area contributed by atoms with Crippen LogP contribution in [0.3, 0.4) is 0 Å². The number of nitrogens with one attached hydrogen (secondary N) is 1. The predicted molar refractivity (Wildman–Crippen MR) is 77.5 cm³/mol. The SMILES string of the molecule is CC(=O)c1sc(NC(C)c2cccc(F)c2)nc1C(=O)O. The molecule has 21 heavy (non-hydrogen) atoms. The molecular formula is C14H13FN2O3S. The Morgan fingerprint density at radius 2 is 2.14 bits per heavy atom. The summed E-state index contributed by atoms with van der Waals surface area (Å²) in [5.41, 5.74) is 0.438. The van der Waals surface area contributed by atoms with E-state index in [9.17, 15) is 14.0 Å². The van der Waals surface area contributed by atoms with Crippen LogP contribution >= 0.6 is 11.3 Å². The van der Waals surface area contributed by atoms with E-state index in [-0.39, 0.29) is 28.2 Å². The number of rotatable bonds is 5. The van der Waals surface area contributed by atoms with Crippen LogP contribution in [0.2, 0.25) is 0 Å². The molecule has 1 heterocycles. The number of anilines is 1. The summed E-state index contributed by atoms with van der Waals surface area (Å²) < 4.78 is 13.2. The van der Waals surface area contributed by atoms with Gasteiger partial charge in [-0.05, 0) is 24.6 Å². The summed E-state index contributed by atoms with van der Waals surface area (Å²) in [4.78, 5) is 26.5. The lowest BCUT2D eigenvalue weighted by Crippen LogP contribution is -2.07. The smallest absolute Gasteiger partial charge is 0.356 e. The Kier molecular flexibility index (Phi) is 4.32. The number of aromatic nitrogens is 1. The van der Waals surface area contributed by atoms with Crippen molar-refractivity contribution in [3.63, 3.8) is 0 Å². The van der Waals surface area contributed by atoms with Gasteiger partial charge in [-0.15, -0.1) is 0 Å². The fourth-order valence-electron chi connectivity index (χ4n) is 1.81. The largest absolute Gasteiger partial charge is 0.476 e. The number of aromatic carboxylic acids is 1. The van der Waals surface area contributed by atoms with Gasteiger partial charge in [0.25, 0.3) is 0 Å². The van der Waals surface area contributed by atoms with Gasteiger partial charge in [0.1, 0.15) is 10.7 Å². The first-order chi connectivity index (χ1) is 9.88. The van der Waals surface area contributed by atoms with Gasteiger partial charge >= 0.3 is 5.97 Å². The molecule has 0 aliphatic carbocycles. The molecule has 1 atom stereocenters. The first-order valence-corrected chi connectivity index (χ1v) is 6.97. The maximum atomic E-state index is 13.2. The molecule has 1 aromatic heterocycles. The second-order valence-corrected chi connectivity index (χ2v) is 5.48. The molecule has 2 aromatic rings. The zero-order valence-corrected chi connectivity index (χ0v) is 12.2. The van der Waals surface area contributed by atoms with Crippen molar-refractivity contribution in [1.29, 1.82) is 0 Å². The lowest BCUT2D eigenvalue weighted by Gasteiger charge is -2.13. The average molecular weight is 308 g/mol. The van der Waals surface area contributed by atoms with E-state index in [2.05, 4.69) is 10.3 Å². The number of hydrogen-bond donors (Lipinski definition) is 2. The molecule has 7 heteroatoms. The summed E-state index contributed by atoms with van der Waals surface area (Å²) in [6.45, 7) is 3.09. The van der Waals surface area contributed by atoms with E-state index in [4.69, 9.17) is 5.11 Å². The van der Waals surface area contributed by atoms with E-state index in [0.717, 1.165) is 11.3 Å². The third-order valence-electron chi connectivity index (χ3n) is 2.84. The summed E-state index contributed by atoms with van der Waals surface area (Å²) in [6.07, 6.45) is 0. The van der Waals surface area contributed by atoms with Crippen molar-refractivity contribution < 1.29 is 19.1 Å². The number of carbonyl (C=O) groups excluding carboxylic acids is 1. The maximum Gasteiger partial charge on any atom is 0.356 e. The number of carboxylic acid groups (broad SMARTS) is 1. The number of benzene rings is 1. The van der Waals surface area contributed by atoms with Crippen molar-refractivity contribution >= 4 is 28.2 Å². The van der Waals surface area contributed by atoms with Crippen LogP contribution in [-0.4, -0.2) is 21.8 Å². The zero-order chi connectivity index (χ0) is 15.6. The molecule has 0 saturated carbocycles. The Morgan fingerprint density at radius 1 is 1.43 bits per heavy atom. The molecule has 1 unspecified atom stereocenters. The minimum Gasteiger partial charge on any atom is -0.476 e. The van der Waals surface area contributed by atoms with Gasteiger partial charge in [-0.3, -0.25) is 4.79 Å². The zero-order valence-electron chi connectivity index (χ0n) is 11.4. The van der Waals surface area contributed by atoms with Crippen molar-refractivity contribution in [2.75, 3.05) is 5.32 Å². The second-order valence-electron chi connectivity index (χ2n) is 4.48. The number of carboxylic acids is 1. The molecule has 0 aliphatic rings. The van der Waals surface area contributed by atoms with Crippen LogP contribution < -0.4 is 5.32 Å². The standard InChI is InChI=1S/C14H13FN2O3S/c1-7(9-4-3-5-10(15)6-9)16-14-17-11(13(19)20)12(21-14)8(2)18/h3-7H,1-2H3,(H,16,17)(H,19,20). The van der Waals surface area contributed by atoms with Crippen LogP contribution in [0.1, 0.15) is 45.6 Å². The highest BCUT2D eigenvalue weighted by atomic mass is 32.1. The van der Waals surface area contributed by atoms with E-state index in [1.165, 1.54) is 19.1 Å². The third-order valence-corrected chi connectivity index (χ3v) is 3.93. The number of halogens is 1. The average Bonchev–Trinajstić information content (AvgIpc) is 2.83. The summed E-state index contributed by atoms with van der Waals surface area (Å²) in [7, 11) is 0. The van der Waals surface area contributed by atoms with Crippen LogP contribution in [0.5, 0.6) is 0 Å². The monoisotopic (exact) mass is 308 g/mol. The Bertz CT molecular complexity index is 668. The van der Waals surface area contributed by atoms with Gasteiger partial charge in [-0.1, -0.05) is 23.5 Å². The van der Waals surface area contributed by atoms with Crippen LogP contribution in [0.15, 0.2) is 24.3 Å². The van der Waals surface area contributed by atoms with Gasteiger partial charge in [0.05, 0.1) is 6.04 Å². The van der Waals surface area contributed by atoms with Crippen molar-refractivity contribution in [2.45, 2.75) is 19.9 Å². The van der Waals surface area contributed by atoms with Gasteiger partial charge in [0.15, 0.2) is 16.6 Å². The topological polar surface area (TPSA) is 79.3 Å². The van der Waals surface area contributed by atoms with Gasteiger partial charge in [-0.2, -0.15) is 0 Å². The molecule has 0 saturated heterocycles. The Balaban J connectivity index is 2.25. The molecule has 0 bridgehead atoms. The molecule has 0 amide bonds. The molecule has 5 nitrogen and oxygen atoms in total. The fourth-order valence-corrected chi connectivity index (χ4v) is 2.75. The Hall–Kier alpha value is -2.28. The molecule has 1 aromatic carbocycles. The highest BCUT2D eigenvalue weighted by molar-refractivity contribution is 7.17. The van der Waals surface area contributed by atoms with Crippen molar-refractivity contribution in [3.05, 3.63) is 46.2 Å². The quantitative estimate of drug-likeness (QED) is 0.828. The number of thiazole rings is 1. The molecule has 110 valence electrons. The lowest BCUT2D eigenvalue weighted by atomic mass is 10.1. The van der Waals surface area contributed by atoms with Gasteiger partial charge < -0.3 is 10.4 Å². The second kappa shape index (κ2) is 6.01. The van der Waals surface area contributed by atoms with Crippen molar-refractivity contribution in [3.8, 4) is 0 Å². The first-order valence-electron chi connectivity index (χ1n) is 6.15. The number of Topliss-reactive ketones (excluding diaryl/α,β-unsaturated/α-hetero) is 1. The Morgan fingerprint density at radius 3 is 2.67 bits per heavy atom. The van der Waals surface area contributed by atoms with E-state index >= 15 is 0 Å². The minimum atomic E-state index is -1.25. The van der Waals surface area contributed by atoms with Gasteiger partial charge in [0, 0.05) is 6.92 Å². The summed E-state index contributed by atoms with van der Waals surface area (Å²) in [5, 5.41) is 12.3. The van der Waals surface area contributed by atoms with Crippen molar-refractivity contribution in [2.24, 2.45) is 0 Å². The maximum absolute atomic E-state index is 13.2.